The van der Waals surface area contributed by atoms with Crippen LogP contribution in [-0.2, 0) is 14.6 Å². The molecule has 1 N–H and O–H groups in total. The van der Waals surface area contributed by atoms with E-state index >= 15 is 0 Å². The second-order valence-corrected chi connectivity index (χ2v) is 7.59. The van der Waals surface area contributed by atoms with Crippen LogP contribution in [0.4, 0.5) is 0 Å². The minimum atomic E-state index is -3.40. The van der Waals surface area contributed by atoms with Crippen molar-refractivity contribution in [2.45, 2.75) is 17.7 Å². The third-order valence-corrected chi connectivity index (χ3v) is 5.62. The highest BCUT2D eigenvalue weighted by Gasteiger charge is 2.26. The van der Waals surface area contributed by atoms with E-state index in [4.69, 9.17) is 9.84 Å². The lowest BCUT2D eigenvalue weighted by Gasteiger charge is -2.30. The first-order chi connectivity index (χ1) is 10.4. The van der Waals surface area contributed by atoms with Crippen molar-refractivity contribution in [3.8, 4) is 5.75 Å². The molecule has 0 aliphatic carbocycles. The largest absolute Gasteiger partial charge is 0.497 e. The zero-order chi connectivity index (χ0) is 16.2. The maximum Gasteiger partial charge on any atom is 0.307 e. The Kier molecular flexibility index (Phi) is 5.42. The van der Waals surface area contributed by atoms with Crippen molar-refractivity contribution in [1.82, 2.24) is 4.90 Å². The number of rotatable bonds is 6. The summed E-state index contributed by atoms with van der Waals surface area (Å²) in [5.74, 6) is -0.717. The standard InChI is InChI=1S/C15H21NO5S/c1-21-13-5-2-6-14(10-13)22(19,20)9-8-16-7-3-4-12(11-16)15(17)18/h2,5-6,10,12H,3-4,7-9,11H2,1H3,(H,17,18). The Labute approximate surface area is 130 Å². The van der Waals surface area contributed by atoms with Crippen molar-refractivity contribution in [1.29, 1.82) is 0 Å². The molecule has 2 rings (SSSR count). The summed E-state index contributed by atoms with van der Waals surface area (Å²) in [4.78, 5) is 13.2. The van der Waals surface area contributed by atoms with Gasteiger partial charge in [-0.15, -0.1) is 0 Å². The van der Waals surface area contributed by atoms with Crippen molar-refractivity contribution < 1.29 is 23.1 Å². The van der Waals surface area contributed by atoms with E-state index < -0.39 is 21.7 Å². The molecule has 1 unspecified atom stereocenters. The first-order valence-corrected chi connectivity index (χ1v) is 8.89. The molecule has 0 saturated carbocycles. The van der Waals surface area contributed by atoms with Gasteiger partial charge in [0.05, 0.1) is 23.7 Å². The van der Waals surface area contributed by atoms with E-state index in [1.165, 1.54) is 13.2 Å². The van der Waals surface area contributed by atoms with E-state index in [-0.39, 0.29) is 10.6 Å². The second kappa shape index (κ2) is 7.11. The van der Waals surface area contributed by atoms with Gasteiger partial charge in [-0.1, -0.05) is 6.07 Å². The molecule has 0 radical (unpaired) electrons. The molecule has 0 aromatic heterocycles. The van der Waals surface area contributed by atoms with Crippen molar-refractivity contribution >= 4 is 15.8 Å². The van der Waals surface area contributed by atoms with Gasteiger partial charge in [0.25, 0.3) is 0 Å². The normalized spacial score (nSPS) is 19.8. The molecule has 22 heavy (non-hydrogen) atoms. The maximum absolute atomic E-state index is 12.4. The average molecular weight is 327 g/mol. The zero-order valence-electron chi connectivity index (χ0n) is 12.6. The van der Waals surface area contributed by atoms with Crippen LogP contribution < -0.4 is 4.74 Å². The molecule has 1 fully saturated rings. The number of hydrogen-bond donors (Lipinski definition) is 1. The van der Waals surface area contributed by atoms with Gasteiger partial charge < -0.3 is 14.7 Å². The Morgan fingerprint density at radius 3 is 2.91 bits per heavy atom. The van der Waals surface area contributed by atoms with Crippen LogP contribution in [0.25, 0.3) is 0 Å². The highest BCUT2D eigenvalue weighted by atomic mass is 32.2. The molecule has 1 aliphatic rings. The van der Waals surface area contributed by atoms with Crippen LogP contribution in [-0.4, -0.2) is 56.9 Å². The Morgan fingerprint density at radius 1 is 1.45 bits per heavy atom. The third-order valence-electron chi connectivity index (χ3n) is 3.93. The lowest BCUT2D eigenvalue weighted by molar-refractivity contribution is -0.143. The first kappa shape index (κ1) is 16.8. The van der Waals surface area contributed by atoms with Crippen LogP contribution in [0.5, 0.6) is 5.75 Å². The summed E-state index contributed by atoms with van der Waals surface area (Å²) in [5.41, 5.74) is 0. The number of carbonyl (C=O) groups is 1. The molecule has 7 heteroatoms. The Morgan fingerprint density at radius 2 is 2.23 bits per heavy atom. The van der Waals surface area contributed by atoms with Gasteiger partial charge in [-0.2, -0.15) is 0 Å². The molecule has 122 valence electrons. The van der Waals surface area contributed by atoms with Gasteiger partial charge >= 0.3 is 5.97 Å². The molecule has 1 aromatic carbocycles. The number of piperidine rings is 1. The lowest BCUT2D eigenvalue weighted by atomic mass is 9.98. The van der Waals surface area contributed by atoms with Gasteiger partial charge in [-0.05, 0) is 37.6 Å². The number of carboxylic acids is 1. The highest BCUT2D eigenvalue weighted by Crippen LogP contribution is 2.20. The van der Waals surface area contributed by atoms with Gasteiger partial charge in [0, 0.05) is 13.1 Å². The second-order valence-electron chi connectivity index (χ2n) is 5.48. The van der Waals surface area contributed by atoms with Gasteiger partial charge in [-0.25, -0.2) is 8.42 Å². The smallest absolute Gasteiger partial charge is 0.307 e. The van der Waals surface area contributed by atoms with Crippen molar-refractivity contribution in [2.24, 2.45) is 5.92 Å². The van der Waals surface area contributed by atoms with E-state index in [0.29, 0.717) is 25.3 Å². The summed E-state index contributed by atoms with van der Waals surface area (Å²) in [6.07, 6.45) is 1.45. The summed E-state index contributed by atoms with van der Waals surface area (Å²) >= 11 is 0. The van der Waals surface area contributed by atoms with Crippen molar-refractivity contribution in [3.63, 3.8) is 0 Å². The number of ether oxygens (including phenoxy) is 1. The van der Waals surface area contributed by atoms with Crippen LogP contribution in [0.3, 0.4) is 0 Å². The molecule has 1 heterocycles. The zero-order valence-corrected chi connectivity index (χ0v) is 13.4. The lowest BCUT2D eigenvalue weighted by Crippen LogP contribution is -2.40. The molecule has 1 aromatic rings. The molecule has 0 spiro atoms. The quantitative estimate of drug-likeness (QED) is 0.847. The predicted octanol–water partition coefficient (Wildman–Crippen LogP) is 1.27. The van der Waals surface area contributed by atoms with Gasteiger partial charge in [-0.3, -0.25) is 4.79 Å². The summed E-state index contributed by atoms with van der Waals surface area (Å²) in [6.45, 7) is 1.52. The van der Waals surface area contributed by atoms with E-state index in [9.17, 15) is 13.2 Å². The number of sulfone groups is 1. The number of aliphatic carboxylic acids is 1. The Bertz CT molecular complexity index is 629. The van der Waals surface area contributed by atoms with Gasteiger partial charge in [0.1, 0.15) is 5.75 Å². The number of benzene rings is 1. The highest BCUT2D eigenvalue weighted by molar-refractivity contribution is 7.91. The summed E-state index contributed by atoms with van der Waals surface area (Å²) in [5, 5.41) is 9.06. The van der Waals surface area contributed by atoms with Crippen LogP contribution >= 0.6 is 0 Å². The maximum atomic E-state index is 12.4. The van der Waals surface area contributed by atoms with Crippen LogP contribution in [0.15, 0.2) is 29.2 Å². The fourth-order valence-corrected chi connectivity index (χ4v) is 3.94. The summed E-state index contributed by atoms with van der Waals surface area (Å²) < 4.78 is 29.8. The number of nitrogens with zero attached hydrogens (tertiary/aromatic N) is 1. The SMILES string of the molecule is COc1cccc(S(=O)(=O)CCN2CCCC(C(=O)O)C2)c1. The molecular formula is C15H21NO5S. The third kappa shape index (κ3) is 4.20. The van der Waals surface area contributed by atoms with Gasteiger partial charge in [0.2, 0.25) is 0 Å². The molecule has 6 nitrogen and oxygen atoms in total. The van der Waals surface area contributed by atoms with E-state index in [1.807, 2.05) is 4.90 Å². The van der Waals surface area contributed by atoms with Crippen molar-refractivity contribution in [3.05, 3.63) is 24.3 Å². The Balaban J connectivity index is 1.98. The summed E-state index contributed by atoms with van der Waals surface area (Å²) in [6, 6.07) is 6.40. The molecule has 1 atom stereocenters. The number of methoxy groups -OCH3 is 1. The van der Waals surface area contributed by atoms with Crippen LogP contribution in [0, 0.1) is 5.92 Å². The average Bonchev–Trinajstić information content (AvgIpc) is 2.53. The molecule has 0 bridgehead atoms. The minimum Gasteiger partial charge on any atom is -0.497 e. The monoisotopic (exact) mass is 327 g/mol. The molecule has 1 saturated heterocycles. The fourth-order valence-electron chi connectivity index (χ4n) is 2.62. The molecular weight excluding hydrogens is 306 g/mol. The van der Waals surface area contributed by atoms with Gasteiger partial charge in [0.15, 0.2) is 9.84 Å². The number of likely N-dealkylation sites (tertiary alicyclic amines) is 1. The predicted molar refractivity (Wildman–Crippen MR) is 81.8 cm³/mol. The van der Waals surface area contributed by atoms with E-state index in [2.05, 4.69) is 0 Å². The van der Waals surface area contributed by atoms with E-state index in [1.54, 1.807) is 18.2 Å². The summed E-state index contributed by atoms with van der Waals surface area (Å²) in [7, 11) is -1.91. The molecule has 0 amide bonds. The topological polar surface area (TPSA) is 83.9 Å². The molecule has 1 aliphatic heterocycles. The Hall–Kier alpha value is -1.60. The number of hydrogen-bond acceptors (Lipinski definition) is 5. The van der Waals surface area contributed by atoms with Crippen LogP contribution in [0.2, 0.25) is 0 Å². The van der Waals surface area contributed by atoms with Crippen LogP contribution in [0.1, 0.15) is 12.8 Å². The first-order valence-electron chi connectivity index (χ1n) is 7.24. The van der Waals surface area contributed by atoms with Crippen molar-refractivity contribution in [2.75, 3.05) is 32.5 Å². The fraction of sp³-hybridized carbons (Fsp3) is 0.533. The minimum absolute atomic E-state index is 0.0213. The van der Waals surface area contributed by atoms with E-state index in [0.717, 1.165) is 13.0 Å². The number of carboxylic acid groups (broad SMARTS) is 1.